The lowest BCUT2D eigenvalue weighted by Gasteiger charge is -2.06. The predicted octanol–water partition coefficient (Wildman–Crippen LogP) is 4.61. The average Bonchev–Trinajstić information content (AvgIpc) is 3.35. The van der Waals surface area contributed by atoms with Crippen LogP contribution in [-0.2, 0) is 12.3 Å². The van der Waals surface area contributed by atoms with Crippen LogP contribution in [0, 0.1) is 5.82 Å². The molecule has 8 heteroatoms. The van der Waals surface area contributed by atoms with E-state index in [2.05, 4.69) is 26.7 Å². The Morgan fingerprint density at radius 1 is 1.14 bits per heavy atom. The summed E-state index contributed by atoms with van der Waals surface area (Å²) in [5, 5.41) is 9.37. The van der Waals surface area contributed by atoms with Crippen molar-refractivity contribution in [3.63, 3.8) is 0 Å². The summed E-state index contributed by atoms with van der Waals surface area (Å²) < 4.78 is 20.9. The van der Waals surface area contributed by atoms with E-state index in [1.54, 1.807) is 36.9 Å². The van der Waals surface area contributed by atoms with Gasteiger partial charge in [0, 0.05) is 35.8 Å². The standard InChI is InChI=1S/C20H16FN5OS/c1-2-10-26-18(14-6-8-22-9-7-14)24-25-20(26)28-13-17-12-27-19(23-17)15-4-3-5-16(21)11-15/h2-9,11-12H,1,10,13H2. The molecule has 4 rings (SSSR count). The lowest BCUT2D eigenvalue weighted by molar-refractivity contribution is 0.571. The molecule has 0 bridgehead atoms. The molecule has 0 aliphatic rings. The number of pyridine rings is 1. The van der Waals surface area contributed by atoms with Gasteiger partial charge in [0.05, 0.1) is 5.69 Å². The maximum atomic E-state index is 13.4. The molecule has 0 saturated heterocycles. The van der Waals surface area contributed by atoms with Crippen LogP contribution < -0.4 is 0 Å². The predicted molar refractivity (Wildman–Crippen MR) is 105 cm³/mol. The van der Waals surface area contributed by atoms with E-state index in [0.717, 1.165) is 22.2 Å². The highest BCUT2D eigenvalue weighted by atomic mass is 32.2. The third-order valence-corrected chi connectivity index (χ3v) is 4.94. The zero-order chi connectivity index (χ0) is 19.3. The van der Waals surface area contributed by atoms with E-state index < -0.39 is 0 Å². The van der Waals surface area contributed by atoms with Crippen LogP contribution in [0.5, 0.6) is 0 Å². The first-order chi connectivity index (χ1) is 13.7. The van der Waals surface area contributed by atoms with Gasteiger partial charge in [0.25, 0.3) is 0 Å². The fourth-order valence-corrected chi connectivity index (χ4v) is 3.49. The Bertz CT molecular complexity index is 1090. The summed E-state index contributed by atoms with van der Waals surface area (Å²) >= 11 is 1.50. The van der Waals surface area contributed by atoms with E-state index >= 15 is 0 Å². The van der Waals surface area contributed by atoms with Gasteiger partial charge in [-0.05, 0) is 30.3 Å². The van der Waals surface area contributed by atoms with Crippen molar-refractivity contribution in [3.8, 4) is 22.8 Å². The minimum Gasteiger partial charge on any atom is -0.444 e. The lowest BCUT2D eigenvalue weighted by atomic mass is 10.2. The van der Waals surface area contributed by atoms with E-state index in [4.69, 9.17) is 4.42 Å². The topological polar surface area (TPSA) is 69.6 Å². The van der Waals surface area contributed by atoms with Crippen LogP contribution in [0.15, 0.2) is 77.3 Å². The number of thioether (sulfide) groups is 1. The lowest BCUT2D eigenvalue weighted by Crippen LogP contribution is -2.00. The summed E-state index contributed by atoms with van der Waals surface area (Å²) in [6.45, 7) is 4.40. The Hall–Kier alpha value is -3.26. The molecule has 0 saturated carbocycles. The second-order valence-corrected chi connectivity index (χ2v) is 6.83. The minimum atomic E-state index is -0.326. The summed E-state index contributed by atoms with van der Waals surface area (Å²) in [7, 11) is 0. The molecule has 3 aromatic heterocycles. The molecule has 3 heterocycles. The minimum absolute atomic E-state index is 0.326. The number of hydrogen-bond acceptors (Lipinski definition) is 6. The molecule has 0 unspecified atom stereocenters. The van der Waals surface area contributed by atoms with Crippen LogP contribution in [0.25, 0.3) is 22.8 Å². The normalized spacial score (nSPS) is 10.9. The molecule has 140 valence electrons. The number of hydrogen-bond donors (Lipinski definition) is 0. The van der Waals surface area contributed by atoms with Crippen molar-refractivity contribution < 1.29 is 8.81 Å². The van der Waals surface area contributed by atoms with Gasteiger partial charge in [0.15, 0.2) is 11.0 Å². The summed E-state index contributed by atoms with van der Waals surface area (Å²) in [6, 6.07) is 9.94. The van der Waals surface area contributed by atoms with Gasteiger partial charge in [0.2, 0.25) is 5.89 Å². The van der Waals surface area contributed by atoms with Crippen molar-refractivity contribution in [3.05, 3.63) is 79.2 Å². The van der Waals surface area contributed by atoms with Gasteiger partial charge in [-0.3, -0.25) is 9.55 Å². The first-order valence-corrected chi connectivity index (χ1v) is 9.51. The van der Waals surface area contributed by atoms with Crippen molar-refractivity contribution in [2.75, 3.05) is 0 Å². The summed E-state index contributed by atoms with van der Waals surface area (Å²) in [6.07, 6.45) is 6.82. The molecule has 0 radical (unpaired) electrons. The molecular formula is C20H16FN5OS. The largest absolute Gasteiger partial charge is 0.444 e. The third kappa shape index (κ3) is 3.86. The Kier molecular flexibility index (Phi) is 5.29. The van der Waals surface area contributed by atoms with Gasteiger partial charge in [-0.25, -0.2) is 9.37 Å². The smallest absolute Gasteiger partial charge is 0.226 e. The Morgan fingerprint density at radius 2 is 2.00 bits per heavy atom. The summed E-state index contributed by atoms with van der Waals surface area (Å²) in [5.74, 6) is 1.36. The Labute approximate surface area is 165 Å². The van der Waals surface area contributed by atoms with Gasteiger partial charge in [0.1, 0.15) is 12.1 Å². The van der Waals surface area contributed by atoms with Crippen LogP contribution in [-0.4, -0.2) is 24.7 Å². The van der Waals surface area contributed by atoms with Gasteiger partial charge in [-0.15, -0.1) is 16.8 Å². The molecule has 0 amide bonds. The van der Waals surface area contributed by atoms with Gasteiger partial charge in [-0.1, -0.05) is 23.9 Å². The molecule has 0 aliphatic carbocycles. The number of allylic oxidation sites excluding steroid dienone is 1. The van der Waals surface area contributed by atoms with Crippen molar-refractivity contribution in [2.24, 2.45) is 0 Å². The number of oxazole rings is 1. The molecule has 28 heavy (non-hydrogen) atoms. The van der Waals surface area contributed by atoms with E-state index in [-0.39, 0.29) is 5.82 Å². The van der Waals surface area contributed by atoms with Gasteiger partial charge in [-0.2, -0.15) is 0 Å². The van der Waals surface area contributed by atoms with E-state index in [1.165, 1.54) is 23.9 Å². The first-order valence-electron chi connectivity index (χ1n) is 8.52. The first kappa shape index (κ1) is 18.1. The molecule has 6 nitrogen and oxygen atoms in total. The van der Waals surface area contributed by atoms with Crippen LogP contribution in [0.2, 0.25) is 0 Å². The van der Waals surface area contributed by atoms with E-state index in [0.29, 0.717) is 23.8 Å². The maximum Gasteiger partial charge on any atom is 0.226 e. The van der Waals surface area contributed by atoms with E-state index in [1.807, 2.05) is 16.7 Å². The summed E-state index contributed by atoms with van der Waals surface area (Å²) in [4.78, 5) is 8.47. The zero-order valence-electron chi connectivity index (χ0n) is 14.8. The van der Waals surface area contributed by atoms with Crippen LogP contribution >= 0.6 is 11.8 Å². The number of aromatic nitrogens is 5. The quantitative estimate of drug-likeness (QED) is 0.337. The van der Waals surface area contributed by atoms with Crippen molar-refractivity contribution in [1.82, 2.24) is 24.7 Å². The molecule has 0 fully saturated rings. The molecule has 4 aromatic rings. The van der Waals surface area contributed by atoms with Gasteiger partial charge >= 0.3 is 0 Å². The maximum absolute atomic E-state index is 13.4. The van der Waals surface area contributed by atoms with Crippen LogP contribution in [0.4, 0.5) is 4.39 Å². The number of nitrogens with zero attached hydrogens (tertiary/aromatic N) is 5. The number of benzene rings is 1. The Balaban J connectivity index is 1.53. The monoisotopic (exact) mass is 393 g/mol. The highest BCUT2D eigenvalue weighted by Gasteiger charge is 2.15. The second kappa shape index (κ2) is 8.18. The van der Waals surface area contributed by atoms with E-state index in [9.17, 15) is 4.39 Å². The van der Waals surface area contributed by atoms with Crippen molar-refractivity contribution in [1.29, 1.82) is 0 Å². The highest BCUT2D eigenvalue weighted by Crippen LogP contribution is 2.27. The summed E-state index contributed by atoms with van der Waals surface area (Å²) in [5.41, 5.74) is 2.28. The average molecular weight is 393 g/mol. The number of rotatable bonds is 7. The second-order valence-electron chi connectivity index (χ2n) is 5.88. The van der Waals surface area contributed by atoms with Crippen molar-refractivity contribution in [2.45, 2.75) is 17.5 Å². The van der Waals surface area contributed by atoms with Crippen LogP contribution in [0.3, 0.4) is 0 Å². The fraction of sp³-hybridized carbons (Fsp3) is 0.100. The molecule has 0 N–H and O–H groups in total. The third-order valence-electron chi connectivity index (χ3n) is 3.94. The fourth-order valence-electron chi connectivity index (χ4n) is 2.67. The van der Waals surface area contributed by atoms with Gasteiger partial charge < -0.3 is 4.42 Å². The van der Waals surface area contributed by atoms with Crippen LogP contribution in [0.1, 0.15) is 5.69 Å². The number of halogens is 1. The SMILES string of the molecule is C=CCn1c(SCc2coc(-c3cccc(F)c3)n2)nnc1-c1ccncc1. The zero-order valence-corrected chi connectivity index (χ0v) is 15.6. The molecule has 1 aromatic carbocycles. The highest BCUT2D eigenvalue weighted by molar-refractivity contribution is 7.98. The molecule has 0 spiro atoms. The molecular weight excluding hydrogens is 377 g/mol. The molecule has 0 atom stereocenters. The molecule has 0 aliphatic heterocycles. The Morgan fingerprint density at radius 3 is 2.79 bits per heavy atom. The van der Waals surface area contributed by atoms with Crippen molar-refractivity contribution >= 4 is 11.8 Å².